The van der Waals surface area contributed by atoms with Gasteiger partial charge in [0.2, 0.25) is 5.76 Å². The second kappa shape index (κ2) is 3.10. The molecule has 0 saturated heterocycles. The van der Waals surface area contributed by atoms with Crippen molar-refractivity contribution in [3.63, 3.8) is 0 Å². The van der Waals surface area contributed by atoms with Gasteiger partial charge in [0, 0.05) is 11.6 Å². The predicted molar refractivity (Wildman–Crippen MR) is 51.9 cm³/mol. The Balaban J connectivity index is 2.40. The summed E-state index contributed by atoms with van der Waals surface area (Å²) in [6.07, 6.45) is 0.986. The number of benzene rings is 1. The molecule has 1 atom stereocenters. The third kappa shape index (κ3) is 1.59. The van der Waals surface area contributed by atoms with Crippen LogP contribution in [0, 0.1) is 6.92 Å². The number of hydrogen-bond donors (Lipinski definition) is 2. The molecule has 0 saturated carbocycles. The van der Waals surface area contributed by atoms with E-state index in [2.05, 4.69) is 4.74 Å². The number of aliphatic hydroxyl groups is 2. The highest BCUT2D eigenvalue weighted by Gasteiger charge is 2.40. The minimum atomic E-state index is -1.84. The quantitative estimate of drug-likeness (QED) is 0.676. The van der Waals surface area contributed by atoms with Crippen LogP contribution < -0.4 is 0 Å². The second-order valence-electron chi connectivity index (χ2n) is 3.48. The Labute approximate surface area is 86.4 Å². The molecule has 1 aliphatic rings. The number of ether oxygens (including phenoxy) is 1. The Kier molecular flexibility index (Phi) is 2.01. The van der Waals surface area contributed by atoms with Gasteiger partial charge in [0.05, 0.1) is 0 Å². The topological polar surface area (TPSA) is 66.8 Å². The average Bonchev–Trinajstić information content (AvgIpc) is 2.43. The first-order valence-electron chi connectivity index (χ1n) is 4.46. The number of rotatable bonds is 1. The van der Waals surface area contributed by atoms with Gasteiger partial charge in [0.25, 0.3) is 5.79 Å². The average molecular weight is 206 g/mol. The van der Waals surface area contributed by atoms with Crippen LogP contribution in [0.25, 0.3) is 0 Å². The standard InChI is InChI=1S/C11H10O4/c1-7-2-4-8(5-3-7)11(14)6-9(12)10(13)15-11/h2-6,12,14H,1H3. The number of aliphatic hydroxyl groups excluding tert-OH is 1. The molecule has 0 spiro atoms. The van der Waals surface area contributed by atoms with E-state index in [4.69, 9.17) is 5.11 Å². The van der Waals surface area contributed by atoms with Crippen molar-refractivity contribution < 1.29 is 19.7 Å². The molecule has 0 fully saturated rings. The van der Waals surface area contributed by atoms with Gasteiger partial charge in [-0.3, -0.25) is 0 Å². The normalized spacial score (nSPS) is 24.9. The van der Waals surface area contributed by atoms with E-state index in [1.807, 2.05) is 6.92 Å². The highest BCUT2D eigenvalue weighted by atomic mass is 16.7. The molecule has 1 unspecified atom stereocenters. The molecule has 2 rings (SSSR count). The van der Waals surface area contributed by atoms with E-state index in [1.54, 1.807) is 24.3 Å². The van der Waals surface area contributed by atoms with Crippen molar-refractivity contribution in [2.45, 2.75) is 12.7 Å². The van der Waals surface area contributed by atoms with Crippen molar-refractivity contribution in [3.05, 3.63) is 47.2 Å². The molecular weight excluding hydrogens is 196 g/mol. The number of carbonyl (C=O) groups excluding carboxylic acids is 1. The summed E-state index contributed by atoms with van der Waals surface area (Å²) < 4.78 is 4.66. The number of cyclic esters (lactones) is 1. The summed E-state index contributed by atoms with van der Waals surface area (Å²) in [5.74, 6) is -3.33. The zero-order valence-electron chi connectivity index (χ0n) is 8.10. The van der Waals surface area contributed by atoms with Crippen LogP contribution in [0.3, 0.4) is 0 Å². The molecule has 4 nitrogen and oxygen atoms in total. The Bertz CT molecular complexity index is 432. The molecule has 1 aromatic rings. The highest BCUT2D eigenvalue weighted by Crippen LogP contribution is 2.31. The van der Waals surface area contributed by atoms with Crippen molar-refractivity contribution in [2.75, 3.05) is 0 Å². The van der Waals surface area contributed by atoms with Crippen LogP contribution in [0.15, 0.2) is 36.1 Å². The Morgan fingerprint density at radius 3 is 2.33 bits per heavy atom. The maximum Gasteiger partial charge on any atom is 0.376 e. The van der Waals surface area contributed by atoms with E-state index in [0.717, 1.165) is 11.6 Å². The smallest absolute Gasteiger partial charge is 0.376 e. The molecule has 1 aliphatic heterocycles. The fraction of sp³-hybridized carbons (Fsp3) is 0.182. The first kappa shape index (κ1) is 9.73. The summed E-state index contributed by atoms with van der Waals surface area (Å²) in [4.78, 5) is 10.9. The summed E-state index contributed by atoms with van der Waals surface area (Å²) in [6.45, 7) is 1.90. The van der Waals surface area contributed by atoms with Crippen molar-refractivity contribution in [1.82, 2.24) is 0 Å². The fourth-order valence-corrected chi connectivity index (χ4v) is 1.40. The summed E-state index contributed by atoms with van der Waals surface area (Å²) >= 11 is 0. The molecule has 0 aromatic heterocycles. The van der Waals surface area contributed by atoms with Gasteiger partial charge in [-0.15, -0.1) is 0 Å². The van der Waals surface area contributed by atoms with E-state index < -0.39 is 17.5 Å². The largest absolute Gasteiger partial charge is 0.502 e. The molecule has 1 heterocycles. The summed E-state index contributed by atoms with van der Waals surface area (Å²) in [7, 11) is 0. The first-order chi connectivity index (χ1) is 7.01. The Morgan fingerprint density at radius 2 is 1.87 bits per heavy atom. The summed E-state index contributed by atoms with van der Waals surface area (Å²) in [5, 5.41) is 19.0. The van der Waals surface area contributed by atoms with Crippen LogP contribution in [0.4, 0.5) is 0 Å². The third-order valence-corrected chi connectivity index (χ3v) is 2.25. The monoisotopic (exact) mass is 206 g/mol. The van der Waals surface area contributed by atoms with Crippen LogP contribution in [0.1, 0.15) is 11.1 Å². The molecule has 15 heavy (non-hydrogen) atoms. The van der Waals surface area contributed by atoms with Crippen LogP contribution >= 0.6 is 0 Å². The lowest BCUT2D eigenvalue weighted by Crippen LogP contribution is -2.24. The minimum Gasteiger partial charge on any atom is -0.502 e. The maximum absolute atomic E-state index is 10.9. The van der Waals surface area contributed by atoms with Crippen LogP contribution in [0.5, 0.6) is 0 Å². The number of esters is 1. The summed E-state index contributed by atoms with van der Waals surface area (Å²) in [6, 6.07) is 6.84. The summed E-state index contributed by atoms with van der Waals surface area (Å²) in [5.41, 5.74) is 1.44. The lowest BCUT2D eigenvalue weighted by atomic mass is 10.0. The van der Waals surface area contributed by atoms with Crippen molar-refractivity contribution in [1.29, 1.82) is 0 Å². The van der Waals surface area contributed by atoms with E-state index in [1.165, 1.54) is 0 Å². The maximum atomic E-state index is 10.9. The molecule has 4 heteroatoms. The van der Waals surface area contributed by atoms with Crippen molar-refractivity contribution >= 4 is 5.97 Å². The minimum absolute atomic E-state index is 0.408. The molecule has 78 valence electrons. The molecule has 0 radical (unpaired) electrons. The van der Waals surface area contributed by atoms with Gasteiger partial charge in [0.1, 0.15) is 0 Å². The van der Waals surface area contributed by atoms with E-state index in [0.29, 0.717) is 5.56 Å². The van der Waals surface area contributed by atoms with Gasteiger partial charge >= 0.3 is 5.97 Å². The first-order valence-corrected chi connectivity index (χ1v) is 4.46. The fourth-order valence-electron chi connectivity index (χ4n) is 1.40. The highest BCUT2D eigenvalue weighted by molar-refractivity contribution is 5.88. The molecule has 0 bridgehead atoms. The second-order valence-corrected chi connectivity index (χ2v) is 3.48. The predicted octanol–water partition coefficient (Wildman–Crippen LogP) is 1.14. The number of aryl methyl sites for hydroxylation is 1. The van der Waals surface area contributed by atoms with Crippen LogP contribution in [-0.4, -0.2) is 16.2 Å². The number of hydrogen-bond acceptors (Lipinski definition) is 4. The molecule has 1 aromatic carbocycles. The molecular formula is C11H10O4. The third-order valence-electron chi connectivity index (χ3n) is 2.25. The zero-order valence-corrected chi connectivity index (χ0v) is 8.10. The van der Waals surface area contributed by atoms with Gasteiger partial charge in [-0.2, -0.15) is 0 Å². The number of carbonyl (C=O) groups is 1. The van der Waals surface area contributed by atoms with Gasteiger partial charge in [-0.05, 0) is 6.92 Å². The van der Waals surface area contributed by atoms with Crippen LogP contribution in [-0.2, 0) is 15.3 Å². The van der Waals surface area contributed by atoms with E-state index >= 15 is 0 Å². The van der Waals surface area contributed by atoms with Gasteiger partial charge in [-0.1, -0.05) is 29.8 Å². The van der Waals surface area contributed by atoms with Gasteiger partial charge in [-0.25, -0.2) is 4.79 Å². The van der Waals surface area contributed by atoms with E-state index in [9.17, 15) is 9.90 Å². The molecule has 2 N–H and O–H groups in total. The molecule has 0 amide bonds. The zero-order chi connectivity index (χ0) is 11.1. The Hall–Kier alpha value is -1.81. The van der Waals surface area contributed by atoms with Crippen LogP contribution in [0.2, 0.25) is 0 Å². The SMILES string of the molecule is Cc1ccc(C2(O)C=C(O)C(=O)O2)cc1. The lowest BCUT2D eigenvalue weighted by Gasteiger charge is -2.19. The molecule has 0 aliphatic carbocycles. The van der Waals surface area contributed by atoms with Crippen molar-refractivity contribution in [2.24, 2.45) is 0 Å². The van der Waals surface area contributed by atoms with Gasteiger partial charge in [0.15, 0.2) is 0 Å². The Morgan fingerprint density at radius 1 is 1.27 bits per heavy atom. The van der Waals surface area contributed by atoms with Gasteiger partial charge < -0.3 is 14.9 Å². The van der Waals surface area contributed by atoms with Crippen molar-refractivity contribution in [3.8, 4) is 0 Å². The lowest BCUT2D eigenvalue weighted by molar-refractivity contribution is -0.183. The van der Waals surface area contributed by atoms with E-state index in [-0.39, 0.29) is 0 Å².